The van der Waals surface area contributed by atoms with Gasteiger partial charge in [-0.1, -0.05) is 53.2 Å². The Morgan fingerprint density at radius 3 is 2.75 bits per heavy atom. The monoisotopic (exact) mass is 377 g/mol. The molecule has 1 atom stereocenters. The molecule has 0 spiro atoms. The number of halogens is 2. The van der Waals surface area contributed by atoms with Gasteiger partial charge in [0.05, 0.1) is 21.5 Å². The molecule has 24 heavy (non-hydrogen) atoms. The van der Waals surface area contributed by atoms with E-state index in [1.54, 1.807) is 18.2 Å². The summed E-state index contributed by atoms with van der Waals surface area (Å²) in [7, 11) is 0. The van der Waals surface area contributed by atoms with Crippen LogP contribution in [0.3, 0.4) is 0 Å². The molecule has 0 saturated heterocycles. The van der Waals surface area contributed by atoms with Crippen LogP contribution in [0.1, 0.15) is 6.92 Å². The number of thioether (sulfide) groups is 1. The summed E-state index contributed by atoms with van der Waals surface area (Å²) in [5.41, 5.74) is 1.38. The molecule has 1 heterocycles. The van der Waals surface area contributed by atoms with E-state index >= 15 is 0 Å². The molecule has 4 nitrogen and oxygen atoms in total. The van der Waals surface area contributed by atoms with Gasteiger partial charge >= 0.3 is 0 Å². The smallest absolute Gasteiger partial charge is 0.237 e. The Morgan fingerprint density at radius 2 is 1.96 bits per heavy atom. The van der Waals surface area contributed by atoms with Gasteiger partial charge in [-0.3, -0.25) is 4.79 Å². The fourth-order valence-electron chi connectivity index (χ4n) is 2.12. The van der Waals surface area contributed by atoms with E-state index in [2.05, 4.69) is 15.3 Å². The SMILES string of the molecule is C[C@@H](Sc1ncnc2ccccc12)C(=O)Nc1ccc(Cl)cc1Cl. The predicted molar refractivity (Wildman–Crippen MR) is 99.9 cm³/mol. The van der Waals surface area contributed by atoms with Gasteiger partial charge in [-0.2, -0.15) is 0 Å². The molecule has 0 aliphatic heterocycles. The fourth-order valence-corrected chi connectivity index (χ4v) is 3.48. The number of fused-ring (bicyclic) bond motifs is 1. The highest BCUT2D eigenvalue weighted by atomic mass is 35.5. The predicted octanol–water partition coefficient (Wildman–Crippen LogP) is 5.06. The van der Waals surface area contributed by atoms with Crippen molar-refractivity contribution in [2.24, 2.45) is 0 Å². The molecule has 122 valence electrons. The summed E-state index contributed by atoms with van der Waals surface area (Å²) in [6.45, 7) is 1.82. The number of para-hydroxylation sites is 1. The van der Waals surface area contributed by atoms with Crippen LogP contribution in [0.15, 0.2) is 53.8 Å². The van der Waals surface area contributed by atoms with E-state index < -0.39 is 0 Å². The Labute approximate surface area is 153 Å². The number of nitrogens with zero attached hydrogens (tertiary/aromatic N) is 2. The van der Waals surface area contributed by atoms with Crippen molar-refractivity contribution in [3.63, 3.8) is 0 Å². The minimum Gasteiger partial charge on any atom is -0.324 e. The van der Waals surface area contributed by atoms with Crippen molar-refractivity contribution in [3.8, 4) is 0 Å². The van der Waals surface area contributed by atoms with Crippen LogP contribution in [-0.4, -0.2) is 21.1 Å². The fraction of sp³-hybridized carbons (Fsp3) is 0.118. The highest BCUT2D eigenvalue weighted by Gasteiger charge is 2.18. The van der Waals surface area contributed by atoms with Gasteiger partial charge in [0.1, 0.15) is 11.4 Å². The number of hydrogen-bond acceptors (Lipinski definition) is 4. The summed E-state index contributed by atoms with van der Waals surface area (Å²) in [5.74, 6) is -0.160. The van der Waals surface area contributed by atoms with E-state index in [9.17, 15) is 4.79 Å². The van der Waals surface area contributed by atoms with Gasteiger partial charge in [-0.15, -0.1) is 0 Å². The second-order valence-electron chi connectivity index (χ2n) is 5.07. The number of nitrogens with one attached hydrogen (secondary N) is 1. The Hall–Kier alpha value is -1.82. The Kier molecular flexibility index (Phi) is 5.23. The number of hydrogen-bond donors (Lipinski definition) is 1. The van der Waals surface area contributed by atoms with Gasteiger partial charge in [0.15, 0.2) is 0 Å². The van der Waals surface area contributed by atoms with Crippen LogP contribution >= 0.6 is 35.0 Å². The first-order chi connectivity index (χ1) is 11.5. The molecule has 3 aromatic rings. The van der Waals surface area contributed by atoms with Crippen molar-refractivity contribution in [2.45, 2.75) is 17.2 Å². The number of aromatic nitrogens is 2. The minimum atomic E-state index is -0.352. The lowest BCUT2D eigenvalue weighted by Gasteiger charge is -2.13. The lowest BCUT2D eigenvalue weighted by Crippen LogP contribution is -2.22. The molecule has 3 rings (SSSR count). The largest absolute Gasteiger partial charge is 0.324 e. The van der Waals surface area contributed by atoms with Crippen LogP contribution < -0.4 is 5.32 Å². The molecule has 2 aromatic carbocycles. The molecule has 1 amide bonds. The van der Waals surface area contributed by atoms with Gasteiger partial charge in [-0.05, 0) is 31.2 Å². The van der Waals surface area contributed by atoms with Gasteiger partial charge in [0.2, 0.25) is 5.91 Å². The first-order valence-corrected chi connectivity index (χ1v) is 8.80. The number of anilines is 1. The van der Waals surface area contributed by atoms with Crippen molar-refractivity contribution >= 4 is 57.5 Å². The van der Waals surface area contributed by atoms with Crippen molar-refractivity contribution < 1.29 is 4.79 Å². The molecular formula is C17H13Cl2N3OS. The van der Waals surface area contributed by atoms with Gasteiger partial charge < -0.3 is 5.32 Å². The van der Waals surface area contributed by atoms with Gasteiger partial charge in [0.25, 0.3) is 0 Å². The molecular weight excluding hydrogens is 365 g/mol. The minimum absolute atomic E-state index is 0.160. The van der Waals surface area contributed by atoms with Crippen LogP contribution in [0.4, 0.5) is 5.69 Å². The number of carbonyl (C=O) groups excluding carboxylic acids is 1. The summed E-state index contributed by atoms with van der Waals surface area (Å²) in [5, 5.41) is 5.08. The molecule has 0 aliphatic carbocycles. The average Bonchev–Trinajstić information content (AvgIpc) is 2.57. The van der Waals surface area contributed by atoms with E-state index in [-0.39, 0.29) is 11.2 Å². The zero-order valence-corrected chi connectivity index (χ0v) is 15.0. The van der Waals surface area contributed by atoms with E-state index in [0.29, 0.717) is 15.7 Å². The van der Waals surface area contributed by atoms with Crippen LogP contribution in [-0.2, 0) is 4.79 Å². The maximum Gasteiger partial charge on any atom is 0.237 e. The summed E-state index contributed by atoms with van der Waals surface area (Å²) < 4.78 is 0. The number of rotatable bonds is 4. The average molecular weight is 378 g/mol. The third-order valence-corrected chi connectivity index (χ3v) is 5.02. The molecule has 7 heteroatoms. The number of amides is 1. The molecule has 0 fully saturated rings. The topological polar surface area (TPSA) is 54.9 Å². The van der Waals surface area contributed by atoms with Crippen molar-refractivity contribution in [3.05, 3.63) is 58.8 Å². The maximum absolute atomic E-state index is 12.4. The third kappa shape index (κ3) is 3.80. The third-order valence-electron chi connectivity index (χ3n) is 3.35. The molecule has 1 aromatic heterocycles. The molecule has 0 saturated carbocycles. The second kappa shape index (κ2) is 7.38. The van der Waals surface area contributed by atoms with E-state index in [1.165, 1.54) is 18.1 Å². The van der Waals surface area contributed by atoms with Crippen molar-refractivity contribution in [1.82, 2.24) is 9.97 Å². The van der Waals surface area contributed by atoms with E-state index in [1.807, 2.05) is 31.2 Å². The van der Waals surface area contributed by atoms with E-state index in [4.69, 9.17) is 23.2 Å². The zero-order chi connectivity index (χ0) is 17.1. The van der Waals surface area contributed by atoms with Crippen LogP contribution in [0.2, 0.25) is 10.0 Å². The number of carbonyl (C=O) groups is 1. The summed E-state index contributed by atoms with van der Waals surface area (Å²) in [4.78, 5) is 20.9. The van der Waals surface area contributed by atoms with Gasteiger partial charge in [0, 0.05) is 10.4 Å². The summed E-state index contributed by atoms with van der Waals surface area (Å²) in [6, 6.07) is 12.7. The van der Waals surface area contributed by atoms with Crippen LogP contribution in [0.5, 0.6) is 0 Å². The molecule has 0 aliphatic rings. The quantitative estimate of drug-likeness (QED) is 0.510. The zero-order valence-electron chi connectivity index (χ0n) is 12.7. The molecule has 0 radical (unpaired) electrons. The second-order valence-corrected chi connectivity index (χ2v) is 7.24. The Bertz CT molecular complexity index is 899. The van der Waals surface area contributed by atoms with Crippen molar-refractivity contribution in [2.75, 3.05) is 5.32 Å². The lowest BCUT2D eigenvalue weighted by atomic mass is 10.2. The molecule has 0 bridgehead atoms. The summed E-state index contributed by atoms with van der Waals surface area (Å²) >= 11 is 13.3. The highest BCUT2D eigenvalue weighted by Crippen LogP contribution is 2.30. The lowest BCUT2D eigenvalue weighted by molar-refractivity contribution is -0.115. The molecule has 0 unspecified atom stereocenters. The maximum atomic E-state index is 12.4. The van der Waals surface area contributed by atoms with E-state index in [0.717, 1.165) is 15.9 Å². The first-order valence-electron chi connectivity index (χ1n) is 7.17. The Balaban J connectivity index is 1.76. The standard InChI is InChI=1S/C17H13Cl2N3OS/c1-10(16(23)22-15-7-6-11(18)8-13(15)19)24-17-12-4-2-3-5-14(12)20-9-21-17/h2-10H,1H3,(H,22,23)/t10-/m1/s1. The normalized spacial score (nSPS) is 12.1. The first kappa shape index (κ1) is 17.0. The van der Waals surface area contributed by atoms with Crippen LogP contribution in [0.25, 0.3) is 10.9 Å². The van der Waals surface area contributed by atoms with Gasteiger partial charge in [-0.25, -0.2) is 9.97 Å². The molecule has 1 N–H and O–H groups in total. The highest BCUT2D eigenvalue weighted by molar-refractivity contribution is 8.00. The van der Waals surface area contributed by atoms with Crippen molar-refractivity contribution in [1.29, 1.82) is 0 Å². The van der Waals surface area contributed by atoms with Crippen LogP contribution in [0, 0.1) is 0 Å². The Morgan fingerprint density at radius 1 is 1.17 bits per heavy atom. The number of benzene rings is 2. The summed E-state index contributed by atoms with van der Waals surface area (Å²) in [6.07, 6.45) is 1.51.